The van der Waals surface area contributed by atoms with Crippen molar-refractivity contribution in [1.82, 2.24) is 4.98 Å². The molecule has 0 saturated heterocycles. The molecule has 5 rings (SSSR count). The summed E-state index contributed by atoms with van der Waals surface area (Å²) in [5.41, 5.74) is -0.389. The van der Waals surface area contributed by atoms with Gasteiger partial charge in [0, 0.05) is 48.1 Å². The van der Waals surface area contributed by atoms with Gasteiger partial charge in [0.25, 0.3) is 0 Å². The standard InChI is InChI=1S/C33H45NO11/c1-16-12-17(2)33(41)21(8-10-24(37)44-29(16)19(4)43-32(40)42-15-20(13-35)14-36)7-9-22-25-26(27(22)33)28(38)18(3)30(25)45-31(39)23-6-5-11-34-23/h5-7,9,11-12,16,18-22,25-30,34-36,38,41H,8,10,13-15H2,1-4H3/b17-12+/t16-,18-,19-,21-,22+,25+,26?,27+,28-,29+,30-,33+/m1/s1. The lowest BCUT2D eigenvalue weighted by atomic mass is 9.46. The highest BCUT2D eigenvalue weighted by molar-refractivity contribution is 5.87. The van der Waals surface area contributed by atoms with Gasteiger partial charge in [-0.25, -0.2) is 9.59 Å². The lowest BCUT2D eigenvalue weighted by molar-refractivity contribution is -0.178. The van der Waals surface area contributed by atoms with Crippen molar-refractivity contribution in [3.63, 3.8) is 0 Å². The van der Waals surface area contributed by atoms with Crippen LogP contribution in [0.4, 0.5) is 4.79 Å². The van der Waals surface area contributed by atoms with Crippen molar-refractivity contribution in [3.8, 4) is 0 Å². The van der Waals surface area contributed by atoms with Crippen LogP contribution in [0.15, 0.2) is 42.1 Å². The van der Waals surface area contributed by atoms with Crippen molar-refractivity contribution in [2.45, 2.75) is 70.6 Å². The minimum absolute atomic E-state index is 0.0144. The fraction of sp³-hybridized carbons (Fsp3) is 0.667. The van der Waals surface area contributed by atoms with Gasteiger partial charge >= 0.3 is 18.1 Å². The number of nitrogens with one attached hydrogen (secondary N) is 1. The second kappa shape index (κ2) is 13.3. The van der Waals surface area contributed by atoms with Crippen LogP contribution >= 0.6 is 0 Å². The van der Waals surface area contributed by atoms with Gasteiger partial charge in [0.15, 0.2) is 0 Å². The SMILES string of the molecule is C/C1=C\[C@@H](C)[C@@H]([C@@H](C)OC(=O)OCC(CO)CO)OC(=O)CC[C@H]2C=C[C@H]3[C@H]4C([C@H]3[C@]12O)[C@H](O)[C@@H](C)[C@H]4OC(=O)c1ccc[nH]1. The summed E-state index contributed by atoms with van der Waals surface area (Å²) in [6.45, 7) is 6.13. The minimum atomic E-state index is -1.39. The quantitative estimate of drug-likeness (QED) is 0.161. The number of aliphatic hydroxyl groups excluding tert-OH is 3. The molecule has 248 valence electrons. The predicted octanol–water partition coefficient (Wildman–Crippen LogP) is 2.38. The maximum Gasteiger partial charge on any atom is 0.508 e. The Morgan fingerprint density at radius 1 is 1.18 bits per heavy atom. The van der Waals surface area contributed by atoms with E-state index in [1.807, 2.05) is 39.0 Å². The van der Waals surface area contributed by atoms with Gasteiger partial charge in [-0.2, -0.15) is 0 Å². The Kier molecular flexibility index (Phi) is 9.79. The van der Waals surface area contributed by atoms with Crippen molar-refractivity contribution in [2.75, 3.05) is 19.8 Å². The molecule has 3 aliphatic carbocycles. The summed E-state index contributed by atoms with van der Waals surface area (Å²) in [5, 5.41) is 42.5. The van der Waals surface area contributed by atoms with E-state index in [0.717, 1.165) is 0 Å². The average molecular weight is 632 g/mol. The molecule has 0 spiro atoms. The summed E-state index contributed by atoms with van der Waals surface area (Å²) in [6, 6.07) is 3.35. The molecule has 0 bridgehead atoms. The summed E-state index contributed by atoms with van der Waals surface area (Å²) in [5.74, 6) is -3.88. The van der Waals surface area contributed by atoms with Gasteiger partial charge in [-0.3, -0.25) is 4.79 Å². The van der Waals surface area contributed by atoms with Gasteiger partial charge in [-0.1, -0.05) is 32.1 Å². The molecule has 2 heterocycles. The second-order valence-corrected chi connectivity index (χ2v) is 13.2. The van der Waals surface area contributed by atoms with Crippen LogP contribution in [0.5, 0.6) is 0 Å². The predicted molar refractivity (Wildman–Crippen MR) is 158 cm³/mol. The minimum Gasteiger partial charge on any atom is -0.458 e. The first-order valence-electron chi connectivity index (χ1n) is 15.8. The number of cyclic esters (lactones) is 1. The number of allylic oxidation sites excluding steroid dienone is 1. The normalized spacial score (nSPS) is 39.2. The number of hydrogen-bond donors (Lipinski definition) is 5. The zero-order valence-electron chi connectivity index (χ0n) is 26.1. The van der Waals surface area contributed by atoms with E-state index < -0.39 is 65.9 Å². The van der Waals surface area contributed by atoms with Crippen LogP contribution in [0, 0.1) is 47.3 Å². The molecule has 0 aromatic carbocycles. The van der Waals surface area contributed by atoms with Crippen molar-refractivity contribution < 1.29 is 53.8 Å². The smallest absolute Gasteiger partial charge is 0.458 e. The summed E-state index contributed by atoms with van der Waals surface area (Å²) >= 11 is 0. The Bertz CT molecular complexity index is 1290. The number of aromatic amines is 1. The summed E-state index contributed by atoms with van der Waals surface area (Å²) in [7, 11) is 0. The van der Waals surface area contributed by atoms with Gasteiger partial charge < -0.3 is 44.4 Å². The Balaban J connectivity index is 1.37. The third kappa shape index (κ3) is 6.05. The average Bonchev–Trinajstić information content (AvgIpc) is 3.60. The number of H-pyrrole nitrogens is 1. The van der Waals surface area contributed by atoms with Gasteiger partial charge in [0.1, 0.15) is 30.6 Å². The molecule has 1 aromatic heterocycles. The molecule has 2 fully saturated rings. The van der Waals surface area contributed by atoms with Crippen molar-refractivity contribution >= 4 is 18.1 Å². The molecule has 0 radical (unpaired) electrons. The number of carbonyl (C=O) groups excluding carboxylic acids is 3. The van der Waals surface area contributed by atoms with E-state index in [1.165, 1.54) is 0 Å². The number of aromatic nitrogens is 1. The van der Waals surface area contributed by atoms with Crippen molar-refractivity contribution in [1.29, 1.82) is 0 Å². The first-order valence-corrected chi connectivity index (χ1v) is 15.8. The molecular weight excluding hydrogens is 586 g/mol. The number of esters is 2. The summed E-state index contributed by atoms with van der Waals surface area (Å²) in [4.78, 5) is 41.1. The van der Waals surface area contributed by atoms with E-state index in [0.29, 0.717) is 17.7 Å². The van der Waals surface area contributed by atoms with Crippen LogP contribution < -0.4 is 0 Å². The maximum absolute atomic E-state index is 13.0. The maximum atomic E-state index is 13.0. The molecule has 4 aliphatic rings. The fourth-order valence-corrected chi connectivity index (χ4v) is 8.15. The Hall–Kier alpha value is -3.19. The molecule has 45 heavy (non-hydrogen) atoms. The largest absolute Gasteiger partial charge is 0.508 e. The number of ether oxygens (including phenoxy) is 4. The van der Waals surface area contributed by atoms with Crippen LogP contribution in [0.1, 0.15) is 51.0 Å². The molecule has 1 unspecified atom stereocenters. The molecule has 12 nitrogen and oxygen atoms in total. The van der Waals surface area contributed by atoms with Gasteiger partial charge in [0.2, 0.25) is 0 Å². The Morgan fingerprint density at radius 3 is 2.58 bits per heavy atom. The first-order chi connectivity index (χ1) is 21.4. The molecule has 0 amide bonds. The molecule has 1 aliphatic heterocycles. The number of fused-ring (bicyclic) bond motifs is 6. The second-order valence-electron chi connectivity index (χ2n) is 13.2. The number of aliphatic hydroxyl groups is 4. The topological polar surface area (TPSA) is 185 Å². The zero-order valence-corrected chi connectivity index (χ0v) is 26.1. The Labute approximate surface area is 262 Å². The first kappa shape index (κ1) is 33.2. The van der Waals surface area contributed by atoms with Crippen molar-refractivity contribution in [3.05, 3.63) is 47.8 Å². The van der Waals surface area contributed by atoms with Gasteiger partial charge in [-0.15, -0.1) is 0 Å². The summed E-state index contributed by atoms with van der Waals surface area (Å²) < 4.78 is 22.2. The third-order valence-electron chi connectivity index (χ3n) is 10.5. The van der Waals surface area contributed by atoms with E-state index in [1.54, 1.807) is 25.3 Å². The van der Waals surface area contributed by atoms with Crippen LogP contribution in [0.2, 0.25) is 0 Å². The van der Waals surface area contributed by atoms with Crippen molar-refractivity contribution in [2.24, 2.45) is 47.3 Å². The van der Waals surface area contributed by atoms with E-state index >= 15 is 0 Å². The fourth-order valence-electron chi connectivity index (χ4n) is 8.15. The lowest BCUT2D eigenvalue weighted by Crippen LogP contribution is -2.64. The van der Waals surface area contributed by atoms with Gasteiger partial charge in [0.05, 0.1) is 24.9 Å². The van der Waals surface area contributed by atoms with Crippen LogP contribution in [0.25, 0.3) is 0 Å². The van der Waals surface area contributed by atoms with E-state index in [2.05, 4.69) is 4.98 Å². The molecule has 5 N–H and O–H groups in total. The van der Waals surface area contributed by atoms with E-state index in [9.17, 15) is 34.8 Å². The number of hydrogen-bond acceptors (Lipinski definition) is 11. The number of rotatable bonds is 8. The van der Waals surface area contributed by atoms with Crippen LogP contribution in [0.3, 0.4) is 0 Å². The lowest BCUT2D eigenvalue weighted by Gasteiger charge is -2.61. The van der Waals surface area contributed by atoms with Crippen LogP contribution in [-0.2, 0) is 23.7 Å². The van der Waals surface area contributed by atoms with Gasteiger partial charge in [-0.05, 0) is 49.8 Å². The van der Waals surface area contributed by atoms with E-state index in [4.69, 9.17) is 18.9 Å². The Morgan fingerprint density at radius 2 is 1.91 bits per heavy atom. The third-order valence-corrected chi connectivity index (χ3v) is 10.5. The highest BCUT2D eigenvalue weighted by atomic mass is 16.7. The highest BCUT2D eigenvalue weighted by Crippen LogP contribution is 2.66. The molecule has 12 atom stereocenters. The molecule has 1 aromatic rings. The van der Waals surface area contributed by atoms with Crippen LogP contribution in [-0.4, -0.2) is 93.3 Å². The monoisotopic (exact) mass is 631 g/mol. The van der Waals surface area contributed by atoms with E-state index in [-0.39, 0.29) is 55.8 Å². The summed E-state index contributed by atoms with van der Waals surface area (Å²) in [6.07, 6.45) is 3.64. The number of carbonyl (C=O) groups is 3. The molecule has 12 heteroatoms. The zero-order chi connectivity index (χ0) is 32.6. The highest BCUT2D eigenvalue weighted by Gasteiger charge is 2.70. The molecule has 2 saturated carbocycles. The molecular formula is C33H45NO11.